The van der Waals surface area contributed by atoms with E-state index in [4.69, 9.17) is 27.9 Å². The monoisotopic (exact) mass is 375 g/mol. The van der Waals surface area contributed by atoms with Gasteiger partial charge in [-0.2, -0.15) is 0 Å². The SMILES string of the molecule is O=C(O)c1cc(Cl)cc(Cl)c1NCCOc1ccc2ccccc2c1. The van der Waals surface area contributed by atoms with E-state index in [1.54, 1.807) is 0 Å². The van der Waals surface area contributed by atoms with E-state index in [9.17, 15) is 9.90 Å². The molecular weight excluding hydrogens is 361 g/mol. The van der Waals surface area contributed by atoms with Crippen molar-refractivity contribution in [2.75, 3.05) is 18.5 Å². The van der Waals surface area contributed by atoms with Crippen LogP contribution in [0.2, 0.25) is 10.0 Å². The summed E-state index contributed by atoms with van der Waals surface area (Å²) < 4.78 is 5.72. The average Bonchev–Trinajstić information content (AvgIpc) is 2.59. The lowest BCUT2D eigenvalue weighted by molar-refractivity contribution is 0.0698. The van der Waals surface area contributed by atoms with Gasteiger partial charge in [0.15, 0.2) is 0 Å². The Morgan fingerprint density at radius 1 is 1.04 bits per heavy atom. The summed E-state index contributed by atoms with van der Waals surface area (Å²) in [5.74, 6) is -0.344. The zero-order valence-corrected chi connectivity index (χ0v) is 14.6. The Bertz CT molecular complexity index is 928. The first-order valence-corrected chi connectivity index (χ1v) is 8.38. The molecule has 0 unspecified atom stereocenters. The predicted molar refractivity (Wildman–Crippen MR) is 101 cm³/mol. The molecule has 128 valence electrons. The number of carbonyl (C=O) groups is 1. The number of ether oxygens (including phenoxy) is 1. The van der Waals surface area contributed by atoms with E-state index >= 15 is 0 Å². The van der Waals surface area contributed by atoms with Crippen LogP contribution in [0.4, 0.5) is 5.69 Å². The van der Waals surface area contributed by atoms with Crippen molar-refractivity contribution in [1.82, 2.24) is 0 Å². The minimum Gasteiger partial charge on any atom is -0.492 e. The molecular formula is C19H15Cl2NO3. The van der Waals surface area contributed by atoms with Crippen molar-refractivity contribution in [2.45, 2.75) is 0 Å². The first kappa shape index (κ1) is 17.4. The lowest BCUT2D eigenvalue weighted by Gasteiger charge is -2.13. The van der Waals surface area contributed by atoms with Gasteiger partial charge in [0, 0.05) is 11.6 Å². The molecule has 25 heavy (non-hydrogen) atoms. The maximum absolute atomic E-state index is 11.3. The fourth-order valence-electron chi connectivity index (χ4n) is 2.52. The topological polar surface area (TPSA) is 58.6 Å². The first-order valence-electron chi connectivity index (χ1n) is 7.62. The van der Waals surface area contributed by atoms with Gasteiger partial charge in [-0.3, -0.25) is 0 Å². The van der Waals surface area contributed by atoms with Crippen molar-refractivity contribution in [1.29, 1.82) is 0 Å². The first-order chi connectivity index (χ1) is 12.0. The maximum Gasteiger partial charge on any atom is 0.337 e. The summed E-state index contributed by atoms with van der Waals surface area (Å²) in [4.78, 5) is 11.3. The minimum atomic E-state index is -1.10. The molecule has 0 radical (unpaired) electrons. The number of hydrogen-bond donors (Lipinski definition) is 2. The van der Waals surface area contributed by atoms with Crippen molar-refractivity contribution < 1.29 is 14.6 Å². The summed E-state index contributed by atoms with van der Waals surface area (Å²) in [7, 11) is 0. The highest BCUT2D eigenvalue weighted by Gasteiger charge is 2.14. The molecule has 4 nitrogen and oxygen atoms in total. The molecule has 0 saturated carbocycles. The van der Waals surface area contributed by atoms with Crippen molar-refractivity contribution in [3.8, 4) is 5.75 Å². The molecule has 0 saturated heterocycles. The van der Waals surface area contributed by atoms with Gasteiger partial charge in [0.05, 0.1) is 16.3 Å². The van der Waals surface area contributed by atoms with E-state index < -0.39 is 5.97 Å². The lowest BCUT2D eigenvalue weighted by atomic mass is 10.1. The van der Waals surface area contributed by atoms with E-state index in [1.807, 2.05) is 42.5 Å². The zero-order valence-electron chi connectivity index (χ0n) is 13.1. The molecule has 0 bridgehead atoms. The Balaban J connectivity index is 1.64. The molecule has 2 N–H and O–H groups in total. The molecule has 0 aliphatic rings. The smallest absolute Gasteiger partial charge is 0.337 e. The Morgan fingerprint density at radius 3 is 2.56 bits per heavy atom. The third kappa shape index (κ3) is 4.16. The lowest BCUT2D eigenvalue weighted by Crippen LogP contribution is -2.14. The molecule has 0 heterocycles. The Hall–Kier alpha value is -2.43. The van der Waals surface area contributed by atoms with E-state index in [0.29, 0.717) is 18.8 Å². The van der Waals surface area contributed by atoms with Gasteiger partial charge in [0.2, 0.25) is 0 Å². The van der Waals surface area contributed by atoms with Gasteiger partial charge < -0.3 is 15.2 Å². The largest absolute Gasteiger partial charge is 0.492 e. The molecule has 0 spiro atoms. The highest BCUT2D eigenvalue weighted by atomic mass is 35.5. The number of carboxylic acids is 1. The van der Waals surface area contributed by atoms with Crippen molar-refractivity contribution in [3.63, 3.8) is 0 Å². The number of anilines is 1. The molecule has 3 rings (SSSR count). The number of nitrogens with one attached hydrogen (secondary N) is 1. The molecule has 0 aliphatic heterocycles. The number of rotatable bonds is 6. The van der Waals surface area contributed by atoms with Crippen molar-refractivity contribution in [2.24, 2.45) is 0 Å². The van der Waals surface area contributed by atoms with Crippen LogP contribution < -0.4 is 10.1 Å². The number of carboxylic acid groups (broad SMARTS) is 1. The average molecular weight is 376 g/mol. The van der Waals surface area contributed by atoms with Gasteiger partial charge in [-0.15, -0.1) is 0 Å². The Morgan fingerprint density at radius 2 is 1.80 bits per heavy atom. The van der Waals surface area contributed by atoms with Gasteiger partial charge in [-0.25, -0.2) is 4.79 Å². The van der Waals surface area contributed by atoms with Gasteiger partial charge in [-0.05, 0) is 35.0 Å². The molecule has 3 aromatic rings. The number of hydrogen-bond acceptors (Lipinski definition) is 3. The number of halogens is 2. The predicted octanol–water partition coefficient (Wildman–Crippen LogP) is 5.34. The summed E-state index contributed by atoms with van der Waals surface area (Å²) >= 11 is 11.9. The van der Waals surface area contributed by atoms with Crippen LogP contribution in [0, 0.1) is 0 Å². The Kier molecular flexibility index (Phi) is 5.31. The van der Waals surface area contributed by atoms with E-state index in [-0.39, 0.29) is 15.6 Å². The quantitative estimate of drug-likeness (QED) is 0.571. The second-order valence-electron chi connectivity index (χ2n) is 5.40. The second kappa shape index (κ2) is 7.64. The zero-order chi connectivity index (χ0) is 17.8. The van der Waals surface area contributed by atoms with Crippen LogP contribution >= 0.6 is 23.2 Å². The van der Waals surface area contributed by atoms with Gasteiger partial charge in [0.25, 0.3) is 0 Å². The third-order valence-corrected chi connectivity index (χ3v) is 4.20. The normalized spacial score (nSPS) is 10.6. The third-order valence-electron chi connectivity index (χ3n) is 3.68. The number of fused-ring (bicyclic) bond motifs is 1. The molecule has 0 aromatic heterocycles. The van der Waals surface area contributed by atoms with E-state index in [2.05, 4.69) is 5.32 Å². The van der Waals surface area contributed by atoms with Crippen LogP contribution in [-0.2, 0) is 0 Å². The van der Waals surface area contributed by atoms with Crippen LogP contribution in [0.25, 0.3) is 10.8 Å². The molecule has 0 aliphatic carbocycles. The standard InChI is InChI=1S/C19H15Cl2NO3/c20-14-10-16(19(23)24)18(17(21)11-14)22-7-8-25-15-6-5-12-3-1-2-4-13(12)9-15/h1-6,9-11,22H,7-8H2,(H,23,24). The molecule has 3 aromatic carbocycles. The summed E-state index contributed by atoms with van der Waals surface area (Å²) in [5, 5.41) is 15.0. The van der Waals surface area contributed by atoms with Crippen molar-refractivity contribution >= 4 is 45.6 Å². The fraction of sp³-hybridized carbons (Fsp3) is 0.105. The summed E-state index contributed by atoms with van der Waals surface area (Å²) in [6.45, 7) is 0.755. The van der Waals surface area contributed by atoms with Crippen LogP contribution in [0.15, 0.2) is 54.6 Å². The van der Waals surface area contributed by atoms with Crippen LogP contribution in [0.1, 0.15) is 10.4 Å². The van der Waals surface area contributed by atoms with Crippen LogP contribution in [0.3, 0.4) is 0 Å². The maximum atomic E-state index is 11.3. The number of benzene rings is 3. The van der Waals surface area contributed by atoms with E-state index in [1.165, 1.54) is 12.1 Å². The van der Waals surface area contributed by atoms with Crippen LogP contribution in [0.5, 0.6) is 5.75 Å². The molecule has 6 heteroatoms. The van der Waals surface area contributed by atoms with Gasteiger partial charge in [-0.1, -0.05) is 53.5 Å². The molecule has 0 amide bonds. The number of aromatic carboxylic acids is 1. The summed E-state index contributed by atoms with van der Waals surface area (Å²) in [5.41, 5.74) is 0.365. The fourth-order valence-corrected chi connectivity index (χ4v) is 3.08. The highest BCUT2D eigenvalue weighted by Crippen LogP contribution is 2.30. The van der Waals surface area contributed by atoms with E-state index in [0.717, 1.165) is 16.5 Å². The van der Waals surface area contributed by atoms with Crippen molar-refractivity contribution in [3.05, 3.63) is 70.2 Å². The highest BCUT2D eigenvalue weighted by molar-refractivity contribution is 6.37. The van der Waals surface area contributed by atoms with Gasteiger partial charge >= 0.3 is 5.97 Å². The van der Waals surface area contributed by atoms with Gasteiger partial charge in [0.1, 0.15) is 12.4 Å². The molecule has 0 atom stereocenters. The molecule has 0 fully saturated rings. The Labute approximate surface area is 154 Å². The van der Waals surface area contributed by atoms with Crippen LogP contribution in [-0.4, -0.2) is 24.2 Å². The summed E-state index contributed by atoms with van der Waals surface area (Å²) in [6, 6.07) is 16.8. The second-order valence-corrected chi connectivity index (χ2v) is 6.24. The summed E-state index contributed by atoms with van der Waals surface area (Å²) in [6.07, 6.45) is 0. The minimum absolute atomic E-state index is 0.0307.